The summed E-state index contributed by atoms with van der Waals surface area (Å²) in [5.74, 6) is 1.21. The number of thioether (sulfide) groups is 1. The van der Waals surface area contributed by atoms with Gasteiger partial charge in [-0.2, -0.15) is 0 Å². The van der Waals surface area contributed by atoms with Gasteiger partial charge in [-0.05, 0) is 51.9 Å². The van der Waals surface area contributed by atoms with Crippen molar-refractivity contribution in [2.75, 3.05) is 5.75 Å². The van der Waals surface area contributed by atoms with E-state index < -0.39 is 0 Å². The Labute approximate surface area is 118 Å². The number of hydrogen-bond acceptors (Lipinski definition) is 1. The monoisotopic (exact) mass is 266 g/mol. The minimum absolute atomic E-state index is 1.21. The van der Waals surface area contributed by atoms with Crippen molar-refractivity contribution in [1.29, 1.82) is 0 Å². The average Bonchev–Trinajstić information content (AvgIpc) is 2.46. The van der Waals surface area contributed by atoms with E-state index in [0.29, 0.717) is 0 Å². The van der Waals surface area contributed by atoms with Crippen molar-refractivity contribution >= 4 is 33.3 Å². The Hall–Kier alpha value is -1.47. The number of rotatable bonds is 4. The molecule has 0 atom stereocenters. The van der Waals surface area contributed by atoms with Gasteiger partial charge in [-0.25, -0.2) is 0 Å². The molecule has 0 heterocycles. The van der Waals surface area contributed by atoms with Gasteiger partial charge in [0.15, 0.2) is 0 Å². The van der Waals surface area contributed by atoms with Crippen LogP contribution in [-0.2, 0) is 0 Å². The van der Waals surface area contributed by atoms with Crippen LogP contribution in [0.15, 0.2) is 59.5 Å². The Morgan fingerprint density at radius 1 is 0.842 bits per heavy atom. The first-order valence-corrected chi connectivity index (χ1v) is 7.91. The first-order chi connectivity index (χ1) is 9.38. The summed E-state index contributed by atoms with van der Waals surface area (Å²) >= 11 is 1.98. The summed E-state index contributed by atoms with van der Waals surface area (Å²) in [5.41, 5.74) is 0. The van der Waals surface area contributed by atoms with Crippen molar-refractivity contribution in [3.63, 3.8) is 0 Å². The molecule has 0 nitrogen and oxygen atoms in total. The van der Waals surface area contributed by atoms with Crippen molar-refractivity contribution in [2.45, 2.75) is 24.7 Å². The highest BCUT2D eigenvalue weighted by molar-refractivity contribution is 7.99. The van der Waals surface area contributed by atoms with Crippen LogP contribution in [-0.4, -0.2) is 5.75 Å². The van der Waals surface area contributed by atoms with Gasteiger partial charge in [0.2, 0.25) is 0 Å². The molecule has 0 spiro atoms. The Morgan fingerprint density at radius 3 is 2.37 bits per heavy atom. The van der Waals surface area contributed by atoms with Crippen molar-refractivity contribution in [3.05, 3.63) is 54.6 Å². The van der Waals surface area contributed by atoms with Crippen LogP contribution in [0.2, 0.25) is 0 Å². The molecule has 0 saturated heterocycles. The molecular weight excluding hydrogens is 248 g/mol. The third kappa shape index (κ3) is 2.62. The molecule has 3 aromatic rings. The lowest BCUT2D eigenvalue weighted by molar-refractivity contribution is 0.896. The van der Waals surface area contributed by atoms with Crippen LogP contribution in [0, 0.1) is 0 Å². The van der Waals surface area contributed by atoms with Crippen molar-refractivity contribution in [3.8, 4) is 0 Å². The van der Waals surface area contributed by atoms with Crippen LogP contribution in [0.4, 0.5) is 0 Å². The normalized spacial score (nSPS) is 11.2. The summed E-state index contributed by atoms with van der Waals surface area (Å²) in [6.07, 6.45) is 2.55. The molecule has 1 heteroatoms. The molecule has 0 fully saturated rings. The summed E-state index contributed by atoms with van der Waals surface area (Å²) in [6, 6.07) is 19.9. The minimum atomic E-state index is 1.21. The smallest absolute Gasteiger partial charge is 0.0151 e. The molecule has 96 valence electrons. The Bertz CT molecular complexity index is 700. The van der Waals surface area contributed by atoms with Gasteiger partial charge in [0.1, 0.15) is 0 Å². The Kier molecular flexibility index (Phi) is 3.74. The van der Waals surface area contributed by atoms with E-state index in [4.69, 9.17) is 0 Å². The quantitative estimate of drug-likeness (QED) is 0.322. The van der Waals surface area contributed by atoms with Crippen molar-refractivity contribution in [2.24, 2.45) is 0 Å². The van der Waals surface area contributed by atoms with Crippen LogP contribution in [0.5, 0.6) is 0 Å². The first-order valence-electron chi connectivity index (χ1n) is 6.93. The fourth-order valence-electron chi connectivity index (χ4n) is 2.39. The summed E-state index contributed by atoms with van der Waals surface area (Å²) in [6.45, 7) is 2.25. The van der Waals surface area contributed by atoms with Crippen LogP contribution >= 0.6 is 11.8 Å². The molecule has 0 aliphatic carbocycles. The van der Waals surface area contributed by atoms with Gasteiger partial charge in [-0.1, -0.05) is 49.7 Å². The fraction of sp³-hybridized carbons (Fsp3) is 0.222. The van der Waals surface area contributed by atoms with Crippen LogP contribution in [0.3, 0.4) is 0 Å². The maximum atomic E-state index is 2.33. The second-order valence-electron chi connectivity index (χ2n) is 4.88. The minimum Gasteiger partial charge on any atom is -0.126 e. The molecule has 0 aromatic heterocycles. The molecule has 0 bridgehead atoms. The standard InChI is InChI=1S/C18H18S/c1-2-3-11-19-18-10-6-9-16-12-14-7-4-5-8-15(14)13-17(16)18/h4-10,12-13H,2-3,11H2,1H3. The molecule has 3 rings (SSSR count). The van der Waals surface area contributed by atoms with E-state index in [1.807, 2.05) is 11.8 Å². The van der Waals surface area contributed by atoms with E-state index in [1.165, 1.54) is 45.0 Å². The maximum Gasteiger partial charge on any atom is 0.0151 e. The average molecular weight is 266 g/mol. The topological polar surface area (TPSA) is 0 Å². The second-order valence-corrected chi connectivity index (χ2v) is 6.02. The lowest BCUT2D eigenvalue weighted by Crippen LogP contribution is -1.82. The van der Waals surface area contributed by atoms with Gasteiger partial charge >= 0.3 is 0 Å². The molecule has 0 radical (unpaired) electrons. The lowest BCUT2D eigenvalue weighted by Gasteiger charge is -2.08. The molecule has 0 N–H and O–H groups in total. The third-order valence-corrected chi connectivity index (χ3v) is 4.62. The predicted molar refractivity (Wildman–Crippen MR) is 87.1 cm³/mol. The molecular formula is C18H18S. The van der Waals surface area contributed by atoms with Crippen molar-refractivity contribution < 1.29 is 0 Å². The Balaban J connectivity index is 2.09. The SMILES string of the molecule is CCCCSc1cccc2cc3ccccc3cc12. The molecule has 0 amide bonds. The van der Waals surface area contributed by atoms with Gasteiger partial charge < -0.3 is 0 Å². The molecule has 3 aromatic carbocycles. The highest BCUT2D eigenvalue weighted by Crippen LogP contribution is 2.31. The van der Waals surface area contributed by atoms with Crippen LogP contribution in [0.1, 0.15) is 19.8 Å². The molecule has 0 aliphatic heterocycles. The van der Waals surface area contributed by atoms with E-state index in [9.17, 15) is 0 Å². The Morgan fingerprint density at radius 2 is 1.58 bits per heavy atom. The van der Waals surface area contributed by atoms with Crippen LogP contribution < -0.4 is 0 Å². The summed E-state index contributed by atoms with van der Waals surface area (Å²) < 4.78 is 0. The lowest BCUT2D eigenvalue weighted by atomic mass is 10.0. The molecule has 0 saturated carbocycles. The fourth-order valence-corrected chi connectivity index (χ4v) is 3.55. The zero-order valence-corrected chi connectivity index (χ0v) is 12.0. The van der Waals surface area contributed by atoms with Gasteiger partial charge in [0, 0.05) is 4.90 Å². The van der Waals surface area contributed by atoms with E-state index >= 15 is 0 Å². The highest BCUT2D eigenvalue weighted by Gasteiger charge is 2.03. The predicted octanol–water partition coefficient (Wildman–Crippen LogP) is 5.89. The second kappa shape index (κ2) is 5.66. The van der Waals surface area contributed by atoms with Crippen LogP contribution in [0.25, 0.3) is 21.5 Å². The molecule has 0 unspecified atom stereocenters. The van der Waals surface area contributed by atoms with E-state index in [2.05, 4.69) is 61.5 Å². The van der Waals surface area contributed by atoms with E-state index in [1.54, 1.807) is 0 Å². The largest absolute Gasteiger partial charge is 0.126 e. The van der Waals surface area contributed by atoms with Gasteiger partial charge in [0.05, 0.1) is 0 Å². The summed E-state index contributed by atoms with van der Waals surface area (Å²) in [7, 11) is 0. The van der Waals surface area contributed by atoms with Gasteiger partial charge in [-0.15, -0.1) is 11.8 Å². The molecule has 19 heavy (non-hydrogen) atoms. The number of unbranched alkanes of at least 4 members (excludes halogenated alkanes) is 1. The number of hydrogen-bond donors (Lipinski definition) is 0. The molecule has 0 aliphatic rings. The zero-order chi connectivity index (χ0) is 13.1. The first kappa shape index (κ1) is 12.6. The maximum absolute atomic E-state index is 2.33. The number of benzene rings is 3. The van der Waals surface area contributed by atoms with Gasteiger partial charge in [-0.3, -0.25) is 0 Å². The van der Waals surface area contributed by atoms with Gasteiger partial charge in [0.25, 0.3) is 0 Å². The van der Waals surface area contributed by atoms with E-state index in [-0.39, 0.29) is 0 Å². The summed E-state index contributed by atoms with van der Waals surface area (Å²) in [4.78, 5) is 1.41. The zero-order valence-electron chi connectivity index (χ0n) is 11.2. The highest BCUT2D eigenvalue weighted by atomic mass is 32.2. The van der Waals surface area contributed by atoms with Crippen molar-refractivity contribution in [1.82, 2.24) is 0 Å². The number of fused-ring (bicyclic) bond motifs is 2. The van der Waals surface area contributed by atoms with E-state index in [0.717, 1.165) is 0 Å². The summed E-state index contributed by atoms with van der Waals surface area (Å²) in [5, 5.41) is 5.40. The third-order valence-electron chi connectivity index (χ3n) is 3.46.